The molecule has 0 aliphatic rings. The molecule has 50 valence electrons. The highest BCUT2D eigenvalue weighted by Crippen LogP contribution is 1.76. The molecule has 0 unspecified atom stereocenters. The highest BCUT2D eigenvalue weighted by atomic mass is 19.1. The number of halogens is 1. The standard InChI is InChI=1S/C6H8FNO/c7-5-3-1-2-4-6(8)9/h1-4H,5H2,(H2,8,9). The van der Waals surface area contributed by atoms with Crippen LogP contribution in [0.25, 0.3) is 0 Å². The molecule has 2 N–H and O–H groups in total. The second-order valence-corrected chi connectivity index (χ2v) is 1.34. The zero-order valence-electron chi connectivity index (χ0n) is 4.88. The van der Waals surface area contributed by atoms with Crippen molar-refractivity contribution in [3.8, 4) is 0 Å². The van der Waals surface area contributed by atoms with Gasteiger partial charge >= 0.3 is 0 Å². The SMILES string of the molecule is NC(=O)C=CC=CCF. The van der Waals surface area contributed by atoms with Crippen molar-refractivity contribution in [1.82, 2.24) is 0 Å². The number of carbonyl (C=O) groups is 1. The van der Waals surface area contributed by atoms with Crippen molar-refractivity contribution in [1.29, 1.82) is 0 Å². The maximum Gasteiger partial charge on any atom is 0.241 e. The van der Waals surface area contributed by atoms with Gasteiger partial charge in [0.1, 0.15) is 6.67 Å². The first-order valence-electron chi connectivity index (χ1n) is 2.46. The normalized spacial score (nSPS) is 11.2. The molecule has 3 heteroatoms. The molecule has 0 aromatic rings. The summed E-state index contributed by atoms with van der Waals surface area (Å²) in [5.41, 5.74) is 4.72. The number of allylic oxidation sites excluding steroid dienone is 3. The summed E-state index contributed by atoms with van der Waals surface area (Å²) in [5.74, 6) is -0.529. The molecular weight excluding hydrogens is 121 g/mol. The summed E-state index contributed by atoms with van der Waals surface area (Å²) >= 11 is 0. The molecule has 0 aromatic carbocycles. The maximum atomic E-state index is 11.3. The van der Waals surface area contributed by atoms with Crippen molar-refractivity contribution in [3.05, 3.63) is 24.3 Å². The fourth-order valence-corrected chi connectivity index (χ4v) is 0.280. The number of hydrogen-bond donors (Lipinski definition) is 1. The molecule has 0 rings (SSSR count). The Morgan fingerprint density at radius 3 is 2.67 bits per heavy atom. The third-order valence-corrected chi connectivity index (χ3v) is 0.597. The molecule has 1 amide bonds. The molecular formula is C6H8FNO. The first-order chi connectivity index (χ1) is 4.27. The predicted molar refractivity (Wildman–Crippen MR) is 33.4 cm³/mol. The van der Waals surface area contributed by atoms with Gasteiger partial charge in [0.05, 0.1) is 0 Å². The van der Waals surface area contributed by atoms with E-state index in [0.717, 1.165) is 6.08 Å². The van der Waals surface area contributed by atoms with Crippen LogP contribution in [0.15, 0.2) is 24.3 Å². The van der Waals surface area contributed by atoms with Crippen LogP contribution in [-0.2, 0) is 4.79 Å². The van der Waals surface area contributed by atoms with Crippen LogP contribution in [0.2, 0.25) is 0 Å². The lowest BCUT2D eigenvalue weighted by Crippen LogP contribution is -2.04. The van der Waals surface area contributed by atoms with Crippen LogP contribution < -0.4 is 5.73 Å². The Morgan fingerprint density at radius 2 is 2.22 bits per heavy atom. The number of rotatable bonds is 3. The van der Waals surface area contributed by atoms with Gasteiger partial charge in [-0.3, -0.25) is 4.79 Å². The third-order valence-electron chi connectivity index (χ3n) is 0.597. The Hall–Kier alpha value is -1.12. The Balaban J connectivity index is 3.47. The second-order valence-electron chi connectivity index (χ2n) is 1.34. The average molecular weight is 129 g/mol. The molecule has 0 saturated heterocycles. The van der Waals surface area contributed by atoms with Gasteiger partial charge in [-0.25, -0.2) is 4.39 Å². The average Bonchev–Trinajstić information content (AvgIpc) is 1.80. The largest absolute Gasteiger partial charge is 0.366 e. The van der Waals surface area contributed by atoms with Crippen LogP contribution in [-0.4, -0.2) is 12.6 Å². The zero-order chi connectivity index (χ0) is 7.11. The van der Waals surface area contributed by atoms with Crippen LogP contribution >= 0.6 is 0 Å². The Bertz CT molecular complexity index is 140. The van der Waals surface area contributed by atoms with E-state index in [0.29, 0.717) is 0 Å². The van der Waals surface area contributed by atoms with E-state index in [1.807, 2.05) is 0 Å². The van der Waals surface area contributed by atoms with Crippen LogP contribution in [0, 0.1) is 0 Å². The van der Waals surface area contributed by atoms with Crippen LogP contribution in [0.1, 0.15) is 0 Å². The van der Waals surface area contributed by atoms with Crippen molar-refractivity contribution in [3.63, 3.8) is 0 Å². The lowest BCUT2D eigenvalue weighted by atomic mass is 10.4. The minimum absolute atomic E-state index is 0.525. The van der Waals surface area contributed by atoms with Gasteiger partial charge in [0.25, 0.3) is 0 Å². The second kappa shape index (κ2) is 5.03. The molecule has 0 fully saturated rings. The van der Waals surface area contributed by atoms with Gasteiger partial charge in [0, 0.05) is 6.08 Å². The monoisotopic (exact) mass is 129 g/mol. The topological polar surface area (TPSA) is 43.1 Å². The molecule has 9 heavy (non-hydrogen) atoms. The first kappa shape index (κ1) is 7.88. The van der Waals surface area contributed by atoms with Crippen molar-refractivity contribution in [2.24, 2.45) is 5.73 Å². The molecule has 0 radical (unpaired) electrons. The van der Waals surface area contributed by atoms with E-state index in [1.165, 1.54) is 18.2 Å². The molecule has 0 bridgehead atoms. The summed E-state index contributed by atoms with van der Waals surface area (Å²) in [5, 5.41) is 0. The Morgan fingerprint density at radius 1 is 1.56 bits per heavy atom. The minimum Gasteiger partial charge on any atom is -0.366 e. The van der Waals surface area contributed by atoms with Gasteiger partial charge in [0.15, 0.2) is 0 Å². The van der Waals surface area contributed by atoms with Gasteiger partial charge in [0.2, 0.25) is 5.91 Å². The maximum absolute atomic E-state index is 11.3. The Kier molecular flexibility index (Phi) is 4.40. The minimum atomic E-state index is -0.529. The quantitative estimate of drug-likeness (QED) is 0.439. The molecule has 0 aliphatic carbocycles. The van der Waals surface area contributed by atoms with E-state index in [-0.39, 0.29) is 0 Å². The molecule has 0 aromatic heterocycles. The van der Waals surface area contributed by atoms with E-state index >= 15 is 0 Å². The number of carbonyl (C=O) groups excluding carboxylic acids is 1. The van der Waals surface area contributed by atoms with E-state index in [9.17, 15) is 9.18 Å². The summed E-state index contributed by atoms with van der Waals surface area (Å²) in [4.78, 5) is 9.97. The fraction of sp³-hybridized carbons (Fsp3) is 0.167. The van der Waals surface area contributed by atoms with E-state index in [2.05, 4.69) is 0 Å². The summed E-state index contributed by atoms with van der Waals surface area (Å²) in [6.07, 6.45) is 5.25. The van der Waals surface area contributed by atoms with Gasteiger partial charge in [-0.2, -0.15) is 0 Å². The van der Waals surface area contributed by atoms with Crippen molar-refractivity contribution < 1.29 is 9.18 Å². The van der Waals surface area contributed by atoms with Crippen LogP contribution in [0.3, 0.4) is 0 Å². The number of primary amides is 1. The number of hydrogen-bond acceptors (Lipinski definition) is 1. The van der Waals surface area contributed by atoms with Crippen molar-refractivity contribution in [2.45, 2.75) is 0 Å². The van der Waals surface area contributed by atoms with Gasteiger partial charge in [-0.05, 0) is 0 Å². The molecule has 0 saturated carbocycles. The zero-order valence-corrected chi connectivity index (χ0v) is 4.88. The summed E-state index contributed by atoms with van der Waals surface area (Å²) < 4.78 is 11.3. The number of amides is 1. The third kappa shape index (κ3) is 6.88. The van der Waals surface area contributed by atoms with Crippen LogP contribution in [0.5, 0.6) is 0 Å². The summed E-state index contributed by atoms with van der Waals surface area (Å²) in [6.45, 7) is -0.525. The summed E-state index contributed by atoms with van der Waals surface area (Å²) in [6, 6.07) is 0. The Labute approximate surface area is 52.9 Å². The van der Waals surface area contributed by atoms with Crippen molar-refractivity contribution in [2.75, 3.05) is 6.67 Å². The lowest BCUT2D eigenvalue weighted by molar-refractivity contribution is -0.113. The summed E-state index contributed by atoms with van der Waals surface area (Å²) in [7, 11) is 0. The smallest absolute Gasteiger partial charge is 0.241 e. The van der Waals surface area contributed by atoms with Crippen LogP contribution in [0.4, 0.5) is 4.39 Å². The fourth-order valence-electron chi connectivity index (χ4n) is 0.280. The molecule has 2 nitrogen and oxygen atoms in total. The van der Waals surface area contributed by atoms with E-state index < -0.39 is 12.6 Å². The molecule has 0 heterocycles. The van der Waals surface area contributed by atoms with E-state index in [4.69, 9.17) is 5.73 Å². The number of alkyl halides is 1. The molecule has 0 spiro atoms. The first-order valence-corrected chi connectivity index (χ1v) is 2.46. The lowest BCUT2D eigenvalue weighted by Gasteiger charge is -1.74. The molecule has 0 atom stereocenters. The molecule has 0 aliphatic heterocycles. The highest BCUT2D eigenvalue weighted by Gasteiger charge is 1.76. The number of nitrogens with two attached hydrogens (primary N) is 1. The van der Waals surface area contributed by atoms with E-state index in [1.54, 1.807) is 0 Å². The van der Waals surface area contributed by atoms with Gasteiger partial charge < -0.3 is 5.73 Å². The van der Waals surface area contributed by atoms with Crippen molar-refractivity contribution >= 4 is 5.91 Å². The highest BCUT2D eigenvalue weighted by molar-refractivity contribution is 5.85. The van der Waals surface area contributed by atoms with Gasteiger partial charge in [-0.1, -0.05) is 18.2 Å². The van der Waals surface area contributed by atoms with Gasteiger partial charge in [-0.15, -0.1) is 0 Å². The predicted octanol–water partition coefficient (Wildman–Crippen LogP) is 0.554.